The van der Waals surface area contributed by atoms with E-state index in [1.54, 1.807) is 6.07 Å². The van der Waals surface area contributed by atoms with E-state index in [9.17, 15) is 9.18 Å². The molecule has 4 nitrogen and oxygen atoms in total. The van der Waals surface area contributed by atoms with Gasteiger partial charge in [0.2, 0.25) is 0 Å². The Bertz CT molecular complexity index is 464. The lowest BCUT2D eigenvalue weighted by Crippen LogP contribution is -2.47. The summed E-state index contributed by atoms with van der Waals surface area (Å²) in [5.41, 5.74) is 7.83. The van der Waals surface area contributed by atoms with Crippen LogP contribution in [0.25, 0.3) is 0 Å². The second-order valence-electron chi connectivity index (χ2n) is 4.79. The van der Waals surface area contributed by atoms with Gasteiger partial charge < -0.3 is 15.7 Å². The van der Waals surface area contributed by atoms with Gasteiger partial charge in [0.15, 0.2) is 0 Å². The highest BCUT2D eigenvalue weighted by Crippen LogP contribution is 2.28. The number of carbonyl (C=O) groups is 1. The van der Waals surface area contributed by atoms with Gasteiger partial charge in [0, 0.05) is 25.0 Å². The highest BCUT2D eigenvalue weighted by atomic mass is 19.1. The highest BCUT2D eigenvalue weighted by molar-refractivity contribution is 5.65. The van der Waals surface area contributed by atoms with Crippen LogP contribution in [0.1, 0.15) is 23.5 Å². The van der Waals surface area contributed by atoms with E-state index < -0.39 is 6.09 Å². The van der Waals surface area contributed by atoms with E-state index in [0.29, 0.717) is 19.5 Å². The fourth-order valence-corrected chi connectivity index (χ4v) is 2.53. The predicted molar refractivity (Wildman–Crippen MR) is 66.1 cm³/mol. The molecule has 18 heavy (non-hydrogen) atoms. The molecule has 1 fully saturated rings. The Morgan fingerprint density at radius 3 is 2.89 bits per heavy atom. The van der Waals surface area contributed by atoms with E-state index in [1.165, 1.54) is 17.0 Å². The second kappa shape index (κ2) is 4.94. The standard InChI is InChI=1S/C13H17FN2O2/c1-8-6-9(14)2-3-10(8)11-7-16(13(17)18)5-4-12(11)15/h2-3,6,11-12H,4-5,7,15H2,1H3,(H,17,18). The molecule has 0 aliphatic carbocycles. The van der Waals surface area contributed by atoms with Gasteiger partial charge >= 0.3 is 6.09 Å². The second-order valence-corrected chi connectivity index (χ2v) is 4.79. The zero-order valence-electron chi connectivity index (χ0n) is 10.3. The van der Waals surface area contributed by atoms with Crippen molar-refractivity contribution >= 4 is 6.09 Å². The maximum Gasteiger partial charge on any atom is 0.407 e. The molecular formula is C13H17FN2O2. The van der Waals surface area contributed by atoms with Gasteiger partial charge in [-0.3, -0.25) is 0 Å². The monoisotopic (exact) mass is 252 g/mol. The normalized spacial score (nSPS) is 24.1. The Hall–Kier alpha value is -1.62. The summed E-state index contributed by atoms with van der Waals surface area (Å²) in [6, 6.07) is 4.49. The number of piperidine rings is 1. The first-order valence-electron chi connectivity index (χ1n) is 5.98. The van der Waals surface area contributed by atoms with Crippen molar-refractivity contribution in [3.63, 3.8) is 0 Å². The highest BCUT2D eigenvalue weighted by Gasteiger charge is 2.31. The molecule has 98 valence electrons. The number of carboxylic acid groups (broad SMARTS) is 1. The molecular weight excluding hydrogens is 235 g/mol. The van der Waals surface area contributed by atoms with Gasteiger partial charge in [0.1, 0.15) is 5.82 Å². The molecule has 1 aliphatic heterocycles. The molecule has 1 amide bonds. The topological polar surface area (TPSA) is 66.6 Å². The van der Waals surface area contributed by atoms with Crippen LogP contribution in [-0.2, 0) is 0 Å². The lowest BCUT2D eigenvalue weighted by molar-refractivity contribution is 0.126. The fourth-order valence-electron chi connectivity index (χ4n) is 2.53. The Morgan fingerprint density at radius 2 is 2.28 bits per heavy atom. The summed E-state index contributed by atoms with van der Waals surface area (Å²) in [6.07, 6.45) is -0.292. The van der Waals surface area contributed by atoms with Crippen LogP contribution >= 0.6 is 0 Å². The van der Waals surface area contributed by atoms with Crippen molar-refractivity contribution in [2.45, 2.75) is 25.3 Å². The zero-order valence-corrected chi connectivity index (χ0v) is 10.3. The number of likely N-dealkylation sites (tertiary alicyclic amines) is 1. The van der Waals surface area contributed by atoms with E-state index in [-0.39, 0.29) is 17.8 Å². The molecule has 2 unspecified atom stereocenters. The van der Waals surface area contributed by atoms with Gasteiger partial charge in [-0.1, -0.05) is 6.07 Å². The Kier molecular flexibility index (Phi) is 3.52. The summed E-state index contributed by atoms with van der Waals surface area (Å²) in [6.45, 7) is 2.67. The van der Waals surface area contributed by atoms with Crippen LogP contribution in [0.4, 0.5) is 9.18 Å². The number of hydrogen-bond acceptors (Lipinski definition) is 2. The maximum absolute atomic E-state index is 13.1. The van der Waals surface area contributed by atoms with E-state index in [0.717, 1.165) is 11.1 Å². The van der Waals surface area contributed by atoms with Gasteiger partial charge in [-0.2, -0.15) is 0 Å². The van der Waals surface area contributed by atoms with Crippen LogP contribution in [0.5, 0.6) is 0 Å². The van der Waals surface area contributed by atoms with Crippen molar-refractivity contribution in [2.24, 2.45) is 5.73 Å². The number of halogens is 1. The van der Waals surface area contributed by atoms with Crippen molar-refractivity contribution in [3.8, 4) is 0 Å². The summed E-state index contributed by atoms with van der Waals surface area (Å²) >= 11 is 0. The Balaban J connectivity index is 2.26. The summed E-state index contributed by atoms with van der Waals surface area (Å²) in [5, 5.41) is 9.03. The van der Waals surface area contributed by atoms with Crippen molar-refractivity contribution in [2.75, 3.05) is 13.1 Å². The molecule has 1 aliphatic rings. The third kappa shape index (κ3) is 2.46. The molecule has 5 heteroatoms. The molecule has 1 heterocycles. The summed E-state index contributed by atoms with van der Waals surface area (Å²) < 4.78 is 13.1. The summed E-state index contributed by atoms with van der Waals surface area (Å²) in [4.78, 5) is 12.4. The fraction of sp³-hybridized carbons (Fsp3) is 0.462. The lowest BCUT2D eigenvalue weighted by Gasteiger charge is -2.36. The zero-order chi connectivity index (χ0) is 13.3. The Morgan fingerprint density at radius 1 is 1.56 bits per heavy atom. The van der Waals surface area contributed by atoms with E-state index in [1.807, 2.05) is 6.92 Å². The van der Waals surface area contributed by atoms with Crippen LogP contribution < -0.4 is 5.73 Å². The van der Waals surface area contributed by atoms with Crippen LogP contribution in [0.3, 0.4) is 0 Å². The minimum absolute atomic E-state index is 0.0598. The van der Waals surface area contributed by atoms with Gasteiger partial charge in [0.25, 0.3) is 0 Å². The van der Waals surface area contributed by atoms with Crippen molar-refractivity contribution in [3.05, 3.63) is 35.1 Å². The third-order valence-electron chi connectivity index (χ3n) is 3.57. The number of amides is 1. The molecule has 2 rings (SSSR count). The number of aryl methyl sites for hydroxylation is 1. The molecule has 0 radical (unpaired) electrons. The minimum Gasteiger partial charge on any atom is -0.465 e. The molecule has 0 saturated carbocycles. The first-order valence-corrected chi connectivity index (χ1v) is 5.98. The smallest absolute Gasteiger partial charge is 0.407 e. The van der Waals surface area contributed by atoms with Gasteiger partial charge in [-0.15, -0.1) is 0 Å². The minimum atomic E-state index is -0.924. The average Bonchev–Trinajstić information content (AvgIpc) is 2.30. The quantitative estimate of drug-likeness (QED) is 0.802. The molecule has 0 bridgehead atoms. The maximum atomic E-state index is 13.1. The van der Waals surface area contributed by atoms with Crippen LogP contribution in [0.2, 0.25) is 0 Å². The van der Waals surface area contributed by atoms with Crippen LogP contribution in [-0.4, -0.2) is 35.2 Å². The SMILES string of the molecule is Cc1cc(F)ccc1C1CN(C(=O)O)CCC1N. The lowest BCUT2D eigenvalue weighted by atomic mass is 9.84. The summed E-state index contributed by atoms with van der Waals surface area (Å²) in [5.74, 6) is -0.342. The summed E-state index contributed by atoms with van der Waals surface area (Å²) in [7, 11) is 0. The number of hydrogen-bond donors (Lipinski definition) is 2. The van der Waals surface area contributed by atoms with Crippen LogP contribution in [0.15, 0.2) is 18.2 Å². The number of rotatable bonds is 1. The third-order valence-corrected chi connectivity index (χ3v) is 3.57. The molecule has 3 N–H and O–H groups in total. The molecule has 0 spiro atoms. The van der Waals surface area contributed by atoms with Crippen molar-refractivity contribution in [1.82, 2.24) is 4.90 Å². The molecule has 1 saturated heterocycles. The molecule has 1 aromatic rings. The average molecular weight is 252 g/mol. The van der Waals surface area contributed by atoms with Crippen LogP contribution in [0, 0.1) is 12.7 Å². The Labute approximate surface area is 105 Å². The van der Waals surface area contributed by atoms with E-state index >= 15 is 0 Å². The van der Waals surface area contributed by atoms with Gasteiger partial charge in [-0.05, 0) is 36.6 Å². The van der Waals surface area contributed by atoms with Gasteiger partial charge in [0.05, 0.1) is 0 Å². The van der Waals surface area contributed by atoms with E-state index in [2.05, 4.69) is 0 Å². The molecule has 0 aromatic heterocycles. The van der Waals surface area contributed by atoms with Gasteiger partial charge in [-0.25, -0.2) is 9.18 Å². The number of nitrogens with two attached hydrogens (primary N) is 1. The predicted octanol–water partition coefficient (Wildman–Crippen LogP) is 1.93. The van der Waals surface area contributed by atoms with Crippen molar-refractivity contribution in [1.29, 1.82) is 0 Å². The first-order chi connectivity index (χ1) is 8.49. The first kappa shape index (κ1) is 12.8. The van der Waals surface area contributed by atoms with Crippen molar-refractivity contribution < 1.29 is 14.3 Å². The number of benzene rings is 1. The number of nitrogens with zero attached hydrogens (tertiary/aromatic N) is 1. The molecule has 1 aromatic carbocycles. The largest absolute Gasteiger partial charge is 0.465 e. The molecule has 2 atom stereocenters. The van der Waals surface area contributed by atoms with E-state index in [4.69, 9.17) is 10.8 Å².